The van der Waals surface area contributed by atoms with Crippen molar-refractivity contribution in [2.75, 3.05) is 4.90 Å². The third-order valence-corrected chi connectivity index (χ3v) is 13.4. The van der Waals surface area contributed by atoms with Crippen molar-refractivity contribution in [2.24, 2.45) is 0 Å². The molecule has 1 aromatic heterocycles. The van der Waals surface area contributed by atoms with E-state index in [1.54, 1.807) is 0 Å². The molecular weight excluding hydrogens is 737 g/mol. The van der Waals surface area contributed by atoms with Crippen molar-refractivity contribution in [1.82, 2.24) is 4.57 Å². The Balaban J connectivity index is 1.10. The van der Waals surface area contributed by atoms with Crippen LogP contribution in [0.25, 0.3) is 71.6 Å². The number of aromatic nitrogens is 1. The van der Waals surface area contributed by atoms with Crippen LogP contribution in [0.3, 0.4) is 0 Å². The summed E-state index contributed by atoms with van der Waals surface area (Å²) in [6, 6.07) is 85.3. The predicted octanol–water partition coefficient (Wildman–Crippen LogP) is 15.4. The molecule has 13 rings (SSSR count). The second-order valence-corrected chi connectivity index (χ2v) is 16.4. The van der Waals surface area contributed by atoms with Crippen molar-refractivity contribution in [3.8, 4) is 39.1 Å². The molecule has 0 bridgehead atoms. The van der Waals surface area contributed by atoms with E-state index < -0.39 is 5.41 Å². The average molecular weight is 775 g/mol. The minimum atomic E-state index is -0.401. The number of para-hydroxylation sites is 2. The number of rotatable bonds is 5. The Kier molecular flexibility index (Phi) is 7.26. The molecule has 0 radical (unpaired) electrons. The van der Waals surface area contributed by atoms with Crippen molar-refractivity contribution >= 4 is 49.6 Å². The SMILES string of the molecule is c1ccc(-c2ccc(N(c3ccc4c(c3)-c3ccccc3C43c4ccccc4-c4ccccc43)c3ccc4c5ccccc5n(-c5ccccc5)c4c3)c3ccccc23)cc1. The molecule has 0 atom stereocenters. The fourth-order valence-corrected chi connectivity index (χ4v) is 11.0. The van der Waals surface area contributed by atoms with Crippen LogP contribution in [0.4, 0.5) is 17.1 Å². The van der Waals surface area contributed by atoms with E-state index in [-0.39, 0.29) is 0 Å². The highest BCUT2D eigenvalue weighted by atomic mass is 15.1. The first-order valence-corrected chi connectivity index (χ1v) is 21.2. The molecule has 0 amide bonds. The molecule has 1 spiro atoms. The maximum absolute atomic E-state index is 2.49. The van der Waals surface area contributed by atoms with Crippen LogP contribution in [-0.4, -0.2) is 4.57 Å². The molecule has 2 nitrogen and oxygen atoms in total. The van der Waals surface area contributed by atoms with Crippen LogP contribution in [0, 0.1) is 0 Å². The maximum atomic E-state index is 2.49. The van der Waals surface area contributed by atoms with E-state index in [2.05, 4.69) is 240 Å². The summed E-state index contributed by atoms with van der Waals surface area (Å²) < 4.78 is 2.42. The summed E-state index contributed by atoms with van der Waals surface area (Å²) in [6.45, 7) is 0. The fourth-order valence-electron chi connectivity index (χ4n) is 11.0. The smallest absolute Gasteiger partial charge is 0.0725 e. The maximum Gasteiger partial charge on any atom is 0.0725 e. The van der Waals surface area contributed by atoms with Gasteiger partial charge in [0.15, 0.2) is 0 Å². The van der Waals surface area contributed by atoms with E-state index in [1.165, 1.54) is 88.2 Å². The number of benzene rings is 10. The number of hydrogen-bond donors (Lipinski definition) is 0. The van der Waals surface area contributed by atoms with Gasteiger partial charge >= 0.3 is 0 Å². The standard InChI is InChI=1S/C59H38N2/c1-3-17-39(18-4-1)43-34-36-57(48-25-8-7-21-44(43)48)60(42-31-33-50-49-26-12-16-30-56(49)61(58(50)38-42)40-19-5-2-6-20-40)41-32-35-55-51(37-41)47-24-11-15-29-54(47)59(55)52-27-13-9-22-45(52)46-23-10-14-28-53(46)59/h1-38H. The molecule has 0 N–H and O–H groups in total. The Labute approximate surface area is 354 Å². The molecule has 0 unspecified atom stereocenters. The first-order valence-electron chi connectivity index (χ1n) is 21.2. The minimum Gasteiger partial charge on any atom is -0.310 e. The zero-order valence-corrected chi connectivity index (χ0v) is 33.3. The van der Waals surface area contributed by atoms with E-state index in [0.717, 1.165) is 22.7 Å². The van der Waals surface area contributed by atoms with Crippen molar-refractivity contribution in [3.63, 3.8) is 0 Å². The highest BCUT2D eigenvalue weighted by Crippen LogP contribution is 2.63. The molecular formula is C59H38N2. The van der Waals surface area contributed by atoms with Gasteiger partial charge in [-0.3, -0.25) is 0 Å². The summed E-state index contributed by atoms with van der Waals surface area (Å²) in [7, 11) is 0. The number of nitrogens with zero attached hydrogens (tertiary/aromatic N) is 2. The minimum absolute atomic E-state index is 0.401. The second kappa shape index (κ2) is 13.0. The van der Waals surface area contributed by atoms with Gasteiger partial charge < -0.3 is 9.47 Å². The summed E-state index contributed by atoms with van der Waals surface area (Å²) >= 11 is 0. The fraction of sp³-hybridized carbons (Fsp3) is 0.0169. The van der Waals surface area contributed by atoms with Crippen molar-refractivity contribution in [1.29, 1.82) is 0 Å². The molecule has 61 heavy (non-hydrogen) atoms. The zero-order chi connectivity index (χ0) is 40.1. The Morgan fingerprint density at radius 1 is 0.311 bits per heavy atom. The summed E-state index contributed by atoms with van der Waals surface area (Å²) in [5.41, 5.74) is 19.5. The molecule has 1 heterocycles. The van der Waals surface area contributed by atoms with Crippen LogP contribution in [0.2, 0.25) is 0 Å². The summed E-state index contributed by atoms with van der Waals surface area (Å²) in [4.78, 5) is 2.49. The quantitative estimate of drug-likeness (QED) is 0.169. The zero-order valence-electron chi connectivity index (χ0n) is 33.3. The molecule has 10 aromatic carbocycles. The third-order valence-electron chi connectivity index (χ3n) is 13.4. The van der Waals surface area contributed by atoms with Gasteiger partial charge in [0.05, 0.1) is 22.1 Å². The molecule has 2 aliphatic carbocycles. The van der Waals surface area contributed by atoms with Crippen molar-refractivity contribution < 1.29 is 0 Å². The monoisotopic (exact) mass is 774 g/mol. The van der Waals surface area contributed by atoms with E-state index >= 15 is 0 Å². The van der Waals surface area contributed by atoms with Crippen LogP contribution >= 0.6 is 0 Å². The Morgan fingerprint density at radius 3 is 1.52 bits per heavy atom. The number of anilines is 3. The molecule has 0 saturated carbocycles. The van der Waals surface area contributed by atoms with E-state index in [1.807, 2.05) is 0 Å². The van der Waals surface area contributed by atoms with Crippen LogP contribution in [0.1, 0.15) is 22.3 Å². The Morgan fingerprint density at radius 2 is 0.820 bits per heavy atom. The first kappa shape index (κ1) is 34.0. The van der Waals surface area contributed by atoms with Gasteiger partial charge in [-0.15, -0.1) is 0 Å². The summed E-state index contributed by atoms with van der Waals surface area (Å²) in [5, 5.41) is 4.90. The van der Waals surface area contributed by atoms with Crippen LogP contribution in [0.5, 0.6) is 0 Å². The lowest BCUT2D eigenvalue weighted by Gasteiger charge is -2.31. The largest absolute Gasteiger partial charge is 0.310 e. The average Bonchev–Trinajstić information content (AvgIpc) is 3.94. The molecule has 2 heteroatoms. The lowest BCUT2D eigenvalue weighted by Crippen LogP contribution is -2.25. The predicted molar refractivity (Wildman–Crippen MR) is 255 cm³/mol. The highest BCUT2D eigenvalue weighted by molar-refractivity contribution is 6.12. The molecule has 2 aliphatic rings. The number of hydrogen-bond acceptors (Lipinski definition) is 1. The first-order chi connectivity index (χ1) is 30.3. The van der Waals surface area contributed by atoms with Gasteiger partial charge in [0.25, 0.3) is 0 Å². The lowest BCUT2D eigenvalue weighted by atomic mass is 9.70. The summed E-state index contributed by atoms with van der Waals surface area (Å²) in [5.74, 6) is 0. The molecule has 11 aromatic rings. The second-order valence-electron chi connectivity index (χ2n) is 16.4. The highest BCUT2D eigenvalue weighted by Gasteiger charge is 2.51. The normalized spacial score (nSPS) is 13.0. The van der Waals surface area contributed by atoms with Crippen molar-refractivity contribution in [2.45, 2.75) is 5.41 Å². The van der Waals surface area contributed by atoms with Crippen LogP contribution in [0.15, 0.2) is 231 Å². The number of fused-ring (bicyclic) bond motifs is 14. The topological polar surface area (TPSA) is 8.17 Å². The molecule has 284 valence electrons. The lowest BCUT2D eigenvalue weighted by molar-refractivity contribution is 0.794. The van der Waals surface area contributed by atoms with Crippen LogP contribution < -0.4 is 4.90 Å². The van der Waals surface area contributed by atoms with Gasteiger partial charge in [-0.2, -0.15) is 0 Å². The van der Waals surface area contributed by atoms with Crippen LogP contribution in [-0.2, 0) is 5.41 Å². The van der Waals surface area contributed by atoms with Gasteiger partial charge in [0.2, 0.25) is 0 Å². The summed E-state index contributed by atoms with van der Waals surface area (Å²) in [6.07, 6.45) is 0. The molecule has 0 saturated heterocycles. The Bertz CT molecular complexity index is 3500. The third kappa shape index (κ3) is 4.73. The van der Waals surface area contributed by atoms with E-state index in [4.69, 9.17) is 0 Å². The van der Waals surface area contributed by atoms with E-state index in [0.29, 0.717) is 0 Å². The molecule has 0 fully saturated rings. The van der Waals surface area contributed by atoms with Crippen molar-refractivity contribution in [3.05, 3.63) is 253 Å². The van der Waals surface area contributed by atoms with Gasteiger partial charge in [-0.05, 0) is 110 Å². The van der Waals surface area contributed by atoms with Gasteiger partial charge in [0, 0.05) is 33.2 Å². The Hall–Kier alpha value is -7.94. The van der Waals surface area contributed by atoms with E-state index in [9.17, 15) is 0 Å². The van der Waals surface area contributed by atoms with Gasteiger partial charge in [-0.25, -0.2) is 0 Å². The molecule has 0 aliphatic heterocycles. The van der Waals surface area contributed by atoms with Gasteiger partial charge in [0.1, 0.15) is 0 Å². The van der Waals surface area contributed by atoms with Gasteiger partial charge in [-0.1, -0.05) is 182 Å².